The second-order valence-corrected chi connectivity index (χ2v) is 5.82. The van der Waals surface area contributed by atoms with E-state index in [1.54, 1.807) is 5.57 Å². The summed E-state index contributed by atoms with van der Waals surface area (Å²) in [6.07, 6.45) is 5.81. The van der Waals surface area contributed by atoms with Crippen molar-refractivity contribution >= 4 is 16.8 Å². The second-order valence-electron chi connectivity index (χ2n) is 5.82. The Balaban J connectivity index is 1.72. The lowest BCUT2D eigenvalue weighted by atomic mass is 9.88. The minimum atomic E-state index is 1.07. The molecule has 4 rings (SSSR count). The second kappa shape index (κ2) is 5.21. The maximum atomic E-state index is 2.39. The summed E-state index contributed by atoms with van der Waals surface area (Å²) in [7, 11) is 0. The van der Waals surface area contributed by atoms with Crippen LogP contribution in [0.2, 0.25) is 0 Å². The van der Waals surface area contributed by atoms with E-state index in [9.17, 15) is 0 Å². The van der Waals surface area contributed by atoms with E-state index in [1.807, 2.05) is 0 Å². The molecule has 0 amide bonds. The topological polar surface area (TPSA) is 0 Å². The molecule has 0 heterocycles. The summed E-state index contributed by atoms with van der Waals surface area (Å²) < 4.78 is 0. The zero-order valence-electron chi connectivity index (χ0n) is 12.0. The summed E-state index contributed by atoms with van der Waals surface area (Å²) in [5.41, 5.74) is 5.88. The first-order valence-corrected chi connectivity index (χ1v) is 7.64. The van der Waals surface area contributed by atoms with Crippen LogP contribution in [-0.4, -0.2) is 0 Å². The quantitative estimate of drug-likeness (QED) is 0.584. The van der Waals surface area contributed by atoms with Gasteiger partial charge in [-0.25, -0.2) is 0 Å². The Hall–Kier alpha value is -2.34. The number of hydrogen-bond acceptors (Lipinski definition) is 0. The molecule has 0 unspecified atom stereocenters. The molecule has 0 bridgehead atoms. The summed E-state index contributed by atoms with van der Waals surface area (Å²) in [5, 5.41) is 2.73. The van der Waals surface area contributed by atoms with Gasteiger partial charge in [0.1, 0.15) is 0 Å². The molecular weight excluding hydrogens is 252 g/mol. The maximum Gasteiger partial charge on any atom is -0.00575 e. The molecule has 1 aliphatic carbocycles. The van der Waals surface area contributed by atoms with Crippen LogP contribution in [-0.2, 0) is 12.8 Å². The summed E-state index contributed by atoms with van der Waals surface area (Å²) in [6, 6.07) is 24.1. The van der Waals surface area contributed by atoms with Gasteiger partial charge in [0.15, 0.2) is 0 Å². The average molecular weight is 270 g/mol. The smallest absolute Gasteiger partial charge is 0.00575 e. The molecule has 0 N–H and O–H groups in total. The van der Waals surface area contributed by atoms with Crippen LogP contribution in [0.3, 0.4) is 0 Å². The van der Waals surface area contributed by atoms with Crippen molar-refractivity contribution in [2.75, 3.05) is 0 Å². The Morgan fingerprint density at radius 2 is 1.52 bits per heavy atom. The first kappa shape index (κ1) is 12.4. The Morgan fingerprint density at radius 3 is 2.52 bits per heavy atom. The fourth-order valence-electron chi connectivity index (χ4n) is 3.32. The standard InChI is InChI=1S/C21H18/c1-2-8-19-14-16(12-13-17(19)6-1)15-20-10-5-9-18-7-3-4-11-21(18)20/h1-11,14H,12-13,15H2. The number of benzene rings is 3. The van der Waals surface area contributed by atoms with Gasteiger partial charge >= 0.3 is 0 Å². The van der Waals surface area contributed by atoms with Crippen LogP contribution < -0.4 is 0 Å². The van der Waals surface area contributed by atoms with E-state index in [-0.39, 0.29) is 0 Å². The van der Waals surface area contributed by atoms with E-state index in [4.69, 9.17) is 0 Å². The molecule has 0 aliphatic heterocycles. The van der Waals surface area contributed by atoms with Gasteiger partial charge in [-0.15, -0.1) is 0 Å². The minimum Gasteiger partial charge on any atom is -0.0649 e. The predicted octanol–water partition coefficient (Wildman–Crippen LogP) is 5.41. The molecule has 0 saturated heterocycles. The van der Waals surface area contributed by atoms with Gasteiger partial charge in [0.25, 0.3) is 0 Å². The lowest BCUT2D eigenvalue weighted by Crippen LogP contribution is -2.01. The molecule has 0 heteroatoms. The van der Waals surface area contributed by atoms with E-state index < -0.39 is 0 Å². The van der Waals surface area contributed by atoms with Crippen molar-refractivity contribution in [1.82, 2.24) is 0 Å². The van der Waals surface area contributed by atoms with Crippen molar-refractivity contribution in [3.63, 3.8) is 0 Å². The zero-order chi connectivity index (χ0) is 14.1. The van der Waals surface area contributed by atoms with Gasteiger partial charge in [0.2, 0.25) is 0 Å². The molecule has 21 heavy (non-hydrogen) atoms. The van der Waals surface area contributed by atoms with Gasteiger partial charge in [-0.05, 0) is 46.7 Å². The summed E-state index contributed by atoms with van der Waals surface area (Å²) >= 11 is 0. The van der Waals surface area contributed by atoms with Gasteiger partial charge in [-0.3, -0.25) is 0 Å². The van der Waals surface area contributed by atoms with Crippen molar-refractivity contribution in [3.8, 4) is 0 Å². The largest absolute Gasteiger partial charge is 0.0649 e. The highest BCUT2D eigenvalue weighted by Crippen LogP contribution is 2.28. The Bertz CT molecular complexity index is 819. The zero-order valence-corrected chi connectivity index (χ0v) is 12.0. The molecule has 0 aromatic heterocycles. The molecule has 0 spiro atoms. The molecule has 0 nitrogen and oxygen atoms in total. The van der Waals surface area contributed by atoms with Gasteiger partial charge in [0.05, 0.1) is 0 Å². The van der Waals surface area contributed by atoms with Crippen molar-refractivity contribution in [2.45, 2.75) is 19.3 Å². The first-order valence-electron chi connectivity index (χ1n) is 7.64. The van der Waals surface area contributed by atoms with Crippen molar-refractivity contribution < 1.29 is 0 Å². The monoisotopic (exact) mass is 270 g/mol. The molecule has 102 valence electrons. The van der Waals surface area contributed by atoms with Crippen LogP contribution in [0.4, 0.5) is 0 Å². The normalized spacial score (nSPS) is 13.8. The van der Waals surface area contributed by atoms with Crippen LogP contribution in [0.1, 0.15) is 23.1 Å². The Labute approximate surface area is 125 Å². The molecule has 0 fully saturated rings. The number of aryl methyl sites for hydroxylation is 1. The maximum absolute atomic E-state index is 2.39. The number of hydrogen-bond donors (Lipinski definition) is 0. The van der Waals surface area contributed by atoms with E-state index >= 15 is 0 Å². The van der Waals surface area contributed by atoms with E-state index in [1.165, 1.54) is 40.3 Å². The third-order valence-electron chi connectivity index (χ3n) is 4.43. The SMILES string of the molecule is C1=C(Cc2cccc3ccccc23)CCc2ccccc21. The highest BCUT2D eigenvalue weighted by molar-refractivity contribution is 5.86. The van der Waals surface area contributed by atoms with Crippen LogP contribution in [0, 0.1) is 0 Å². The van der Waals surface area contributed by atoms with Crippen LogP contribution in [0.15, 0.2) is 72.3 Å². The van der Waals surface area contributed by atoms with Crippen LogP contribution in [0.5, 0.6) is 0 Å². The summed E-state index contributed by atoms with van der Waals surface area (Å²) in [4.78, 5) is 0. The fraction of sp³-hybridized carbons (Fsp3) is 0.143. The Morgan fingerprint density at radius 1 is 0.714 bits per heavy atom. The predicted molar refractivity (Wildman–Crippen MR) is 90.4 cm³/mol. The van der Waals surface area contributed by atoms with Crippen molar-refractivity contribution in [2.24, 2.45) is 0 Å². The minimum absolute atomic E-state index is 1.07. The highest BCUT2D eigenvalue weighted by atomic mass is 14.2. The molecule has 3 aromatic rings. The summed E-state index contributed by atoms with van der Waals surface area (Å²) in [6.45, 7) is 0. The average Bonchev–Trinajstić information content (AvgIpc) is 2.55. The molecule has 0 atom stereocenters. The van der Waals surface area contributed by atoms with E-state index in [2.05, 4.69) is 72.8 Å². The third kappa shape index (κ3) is 2.38. The Kier molecular flexibility index (Phi) is 3.08. The molecule has 0 saturated carbocycles. The van der Waals surface area contributed by atoms with Crippen LogP contribution in [0.25, 0.3) is 16.8 Å². The van der Waals surface area contributed by atoms with Crippen molar-refractivity contribution in [1.29, 1.82) is 0 Å². The number of allylic oxidation sites excluding steroid dienone is 1. The highest BCUT2D eigenvalue weighted by Gasteiger charge is 2.11. The van der Waals surface area contributed by atoms with E-state index in [0.717, 1.165) is 6.42 Å². The summed E-state index contributed by atoms with van der Waals surface area (Å²) in [5.74, 6) is 0. The third-order valence-corrected chi connectivity index (χ3v) is 4.43. The van der Waals surface area contributed by atoms with Crippen LogP contribution >= 0.6 is 0 Å². The lowest BCUT2D eigenvalue weighted by molar-refractivity contribution is 0.891. The van der Waals surface area contributed by atoms with Gasteiger partial charge < -0.3 is 0 Å². The molecular formula is C21H18. The molecule has 0 radical (unpaired) electrons. The van der Waals surface area contributed by atoms with Gasteiger partial charge in [-0.1, -0.05) is 78.4 Å². The van der Waals surface area contributed by atoms with Gasteiger partial charge in [0, 0.05) is 0 Å². The van der Waals surface area contributed by atoms with E-state index in [0.29, 0.717) is 0 Å². The fourth-order valence-corrected chi connectivity index (χ4v) is 3.32. The molecule has 3 aromatic carbocycles. The number of fused-ring (bicyclic) bond motifs is 2. The first-order chi connectivity index (χ1) is 10.4. The lowest BCUT2D eigenvalue weighted by Gasteiger charge is -2.17. The number of rotatable bonds is 2. The van der Waals surface area contributed by atoms with Gasteiger partial charge in [-0.2, -0.15) is 0 Å². The molecule has 1 aliphatic rings. The van der Waals surface area contributed by atoms with Crippen molar-refractivity contribution in [3.05, 3.63) is 89.0 Å².